The van der Waals surface area contributed by atoms with Crippen LogP contribution in [0, 0.1) is 0 Å². The maximum absolute atomic E-state index is 6.16. The Labute approximate surface area is 168 Å². The van der Waals surface area contributed by atoms with Gasteiger partial charge in [0, 0.05) is 18.8 Å². The van der Waals surface area contributed by atoms with E-state index >= 15 is 0 Å². The first kappa shape index (κ1) is 19.3. The van der Waals surface area contributed by atoms with Crippen LogP contribution in [-0.4, -0.2) is 32.0 Å². The molecule has 2 aromatic carbocycles. The lowest BCUT2D eigenvalue weighted by Gasteiger charge is -2.32. The topological polar surface area (TPSA) is 30.9 Å². The van der Waals surface area contributed by atoms with Crippen molar-refractivity contribution >= 4 is 18.3 Å². The first-order valence-corrected chi connectivity index (χ1v) is 10.2. The average molecular weight is 379 g/mol. The van der Waals surface area contributed by atoms with Crippen molar-refractivity contribution in [2.24, 2.45) is 0 Å². The summed E-state index contributed by atoms with van der Waals surface area (Å²) in [4.78, 5) is 2.46. The Bertz CT molecular complexity index is 831. The maximum Gasteiger partial charge on any atom is 0.494 e. The van der Waals surface area contributed by atoms with Crippen LogP contribution in [0.3, 0.4) is 0 Å². The maximum atomic E-state index is 6.16. The quantitative estimate of drug-likeness (QED) is 0.753. The summed E-state index contributed by atoms with van der Waals surface area (Å²) in [5.74, 6) is 0.937. The Morgan fingerprint density at radius 1 is 1.00 bits per heavy atom. The van der Waals surface area contributed by atoms with Crippen molar-refractivity contribution in [3.8, 4) is 5.75 Å². The fourth-order valence-corrected chi connectivity index (χ4v) is 3.92. The van der Waals surface area contributed by atoms with Crippen molar-refractivity contribution in [3.05, 3.63) is 53.6 Å². The van der Waals surface area contributed by atoms with E-state index < -0.39 is 0 Å². The molecule has 2 aliphatic heterocycles. The monoisotopic (exact) mass is 379 g/mol. The molecule has 0 saturated carbocycles. The zero-order chi connectivity index (χ0) is 19.9. The molecule has 1 fully saturated rings. The molecule has 2 aliphatic rings. The predicted octanol–water partition coefficient (Wildman–Crippen LogP) is 3.95. The van der Waals surface area contributed by atoms with E-state index in [0.717, 1.165) is 30.7 Å². The molecule has 0 aromatic heterocycles. The Balaban J connectivity index is 1.48. The average Bonchev–Trinajstić information content (AvgIpc) is 2.89. The second-order valence-corrected chi connectivity index (χ2v) is 8.85. The summed E-state index contributed by atoms with van der Waals surface area (Å²) in [7, 11) is 1.42. The molecule has 0 aliphatic carbocycles. The third-order valence-corrected chi connectivity index (χ3v) is 6.38. The number of hydrogen-bond acceptors (Lipinski definition) is 4. The fourth-order valence-electron chi connectivity index (χ4n) is 3.92. The van der Waals surface area contributed by atoms with Gasteiger partial charge in [-0.2, -0.15) is 0 Å². The van der Waals surface area contributed by atoms with E-state index in [1.807, 2.05) is 0 Å². The lowest BCUT2D eigenvalue weighted by atomic mass is 9.79. The van der Waals surface area contributed by atoms with Gasteiger partial charge in [-0.1, -0.05) is 24.3 Å². The van der Waals surface area contributed by atoms with Crippen molar-refractivity contribution in [2.45, 2.75) is 58.3 Å². The number of rotatable bonds is 4. The number of ether oxygens (including phenoxy) is 1. The highest BCUT2D eigenvalue weighted by molar-refractivity contribution is 6.62. The van der Waals surface area contributed by atoms with Gasteiger partial charge < -0.3 is 18.9 Å². The minimum absolute atomic E-state index is 0.303. The van der Waals surface area contributed by atoms with E-state index in [9.17, 15) is 0 Å². The summed E-state index contributed by atoms with van der Waals surface area (Å²) in [5.41, 5.74) is 4.45. The van der Waals surface area contributed by atoms with Crippen LogP contribution in [0.4, 0.5) is 5.69 Å². The summed E-state index contributed by atoms with van der Waals surface area (Å²) in [6.45, 7) is 10.3. The Hall–Kier alpha value is -1.98. The van der Waals surface area contributed by atoms with Gasteiger partial charge in [0.05, 0.1) is 18.3 Å². The van der Waals surface area contributed by atoms with Crippen LogP contribution >= 0.6 is 0 Å². The second-order valence-electron chi connectivity index (χ2n) is 8.85. The minimum atomic E-state index is -0.311. The molecule has 0 N–H and O–H groups in total. The summed E-state index contributed by atoms with van der Waals surface area (Å²) < 4.78 is 17.7. The van der Waals surface area contributed by atoms with Crippen molar-refractivity contribution in [1.82, 2.24) is 0 Å². The van der Waals surface area contributed by atoms with Crippen LogP contribution in [0.15, 0.2) is 42.5 Å². The summed E-state index contributed by atoms with van der Waals surface area (Å²) in [6.07, 6.45) is 2.29. The molecule has 2 heterocycles. The number of nitrogens with zero attached hydrogens (tertiary/aromatic N) is 1. The van der Waals surface area contributed by atoms with Gasteiger partial charge in [-0.05, 0) is 75.3 Å². The largest absolute Gasteiger partial charge is 0.497 e. The number of hydrogen-bond donors (Lipinski definition) is 0. The van der Waals surface area contributed by atoms with Gasteiger partial charge >= 0.3 is 7.12 Å². The molecule has 4 nitrogen and oxygen atoms in total. The van der Waals surface area contributed by atoms with Crippen LogP contribution in [0.1, 0.15) is 45.2 Å². The molecule has 2 aromatic rings. The lowest BCUT2D eigenvalue weighted by molar-refractivity contribution is 0.00578. The number of aryl methyl sites for hydroxylation is 1. The first-order chi connectivity index (χ1) is 13.3. The van der Waals surface area contributed by atoms with E-state index in [1.165, 1.54) is 23.2 Å². The van der Waals surface area contributed by atoms with E-state index in [2.05, 4.69) is 75.1 Å². The molecule has 0 unspecified atom stereocenters. The van der Waals surface area contributed by atoms with E-state index in [1.54, 1.807) is 7.11 Å². The molecule has 4 rings (SSSR count). The SMILES string of the molecule is COc1ccc2c(c1)CCCN2Cc1ccc(B2OC(C)(C)C(C)(C)O2)cc1. The third-order valence-electron chi connectivity index (χ3n) is 6.38. The van der Waals surface area contributed by atoms with Crippen LogP contribution < -0.4 is 15.1 Å². The highest BCUT2D eigenvalue weighted by atomic mass is 16.7. The molecule has 0 amide bonds. The van der Waals surface area contributed by atoms with Crippen LogP contribution in [-0.2, 0) is 22.3 Å². The highest BCUT2D eigenvalue weighted by Gasteiger charge is 2.51. The van der Waals surface area contributed by atoms with Crippen LogP contribution in [0.2, 0.25) is 0 Å². The van der Waals surface area contributed by atoms with Crippen LogP contribution in [0.5, 0.6) is 5.75 Å². The number of fused-ring (bicyclic) bond motifs is 1. The lowest BCUT2D eigenvalue weighted by Crippen LogP contribution is -2.41. The summed E-state index contributed by atoms with van der Waals surface area (Å²) in [6, 6.07) is 15.1. The normalized spacial score (nSPS) is 20.2. The van der Waals surface area contributed by atoms with Crippen molar-refractivity contribution in [1.29, 1.82) is 0 Å². The van der Waals surface area contributed by atoms with Gasteiger partial charge in [0.25, 0.3) is 0 Å². The molecule has 5 heteroatoms. The summed E-state index contributed by atoms with van der Waals surface area (Å²) >= 11 is 0. The van der Waals surface area contributed by atoms with Gasteiger partial charge in [0.15, 0.2) is 0 Å². The van der Waals surface area contributed by atoms with Crippen molar-refractivity contribution in [3.63, 3.8) is 0 Å². The standard InChI is InChI=1S/C23H30BNO3/c1-22(2)23(3,4)28-24(27-22)19-10-8-17(9-11-19)16-25-14-6-7-18-15-20(26-5)12-13-21(18)25/h8-13,15H,6-7,14,16H2,1-5H3. The second kappa shape index (κ2) is 7.13. The first-order valence-electron chi connectivity index (χ1n) is 10.2. The van der Waals surface area contributed by atoms with E-state index in [0.29, 0.717) is 0 Å². The molecule has 0 spiro atoms. The Morgan fingerprint density at radius 2 is 1.68 bits per heavy atom. The van der Waals surface area contributed by atoms with Crippen LogP contribution in [0.25, 0.3) is 0 Å². The minimum Gasteiger partial charge on any atom is -0.497 e. The van der Waals surface area contributed by atoms with E-state index in [-0.39, 0.29) is 18.3 Å². The molecular formula is C23H30BNO3. The van der Waals surface area contributed by atoms with Crippen molar-refractivity contribution < 1.29 is 14.0 Å². The molecule has 28 heavy (non-hydrogen) atoms. The predicted molar refractivity (Wildman–Crippen MR) is 115 cm³/mol. The van der Waals surface area contributed by atoms with Gasteiger partial charge in [0.2, 0.25) is 0 Å². The van der Waals surface area contributed by atoms with Gasteiger partial charge in [0.1, 0.15) is 5.75 Å². The molecule has 0 atom stereocenters. The van der Waals surface area contributed by atoms with E-state index in [4.69, 9.17) is 14.0 Å². The molecular weight excluding hydrogens is 349 g/mol. The fraction of sp³-hybridized carbons (Fsp3) is 0.478. The third kappa shape index (κ3) is 3.54. The highest BCUT2D eigenvalue weighted by Crippen LogP contribution is 2.36. The molecule has 148 valence electrons. The Morgan fingerprint density at radius 3 is 2.32 bits per heavy atom. The molecule has 0 radical (unpaired) electrons. The molecule has 0 bridgehead atoms. The Kier molecular flexibility index (Phi) is 4.92. The summed E-state index contributed by atoms with van der Waals surface area (Å²) in [5, 5.41) is 0. The molecule has 1 saturated heterocycles. The van der Waals surface area contributed by atoms with Crippen molar-refractivity contribution in [2.75, 3.05) is 18.6 Å². The number of methoxy groups -OCH3 is 1. The van der Waals surface area contributed by atoms with Gasteiger partial charge in [-0.15, -0.1) is 0 Å². The zero-order valence-electron chi connectivity index (χ0n) is 17.6. The van der Waals surface area contributed by atoms with Gasteiger partial charge in [-0.25, -0.2) is 0 Å². The van der Waals surface area contributed by atoms with Gasteiger partial charge in [-0.3, -0.25) is 0 Å². The zero-order valence-corrected chi connectivity index (χ0v) is 17.6. The smallest absolute Gasteiger partial charge is 0.494 e. The number of anilines is 1. The number of benzene rings is 2.